The maximum absolute atomic E-state index is 13.0. The third-order valence-electron chi connectivity index (χ3n) is 6.66. The number of anilines is 5. The van der Waals surface area contributed by atoms with E-state index < -0.39 is 47.2 Å². The third-order valence-corrected chi connectivity index (χ3v) is 6.66. The summed E-state index contributed by atoms with van der Waals surface area (Å²) in [5.74, 6) is -2.15. The first-order valence-electron chi connectivity index (χ1n) is 15.7. The van der Waals surface area contributed by atoms with Crippen LogP contribution in [-0.2, 0) is 54.6 Å². The van der Waals surface area contributed by atoms with Gasteiger partial charge in [-0.2, -0.15) is 4.98 Å². The number of carbonyl (C=O) groups excluding carboxylic acids is 7. The molecular weight excluding hydrogens is 670 g/mol. The van der Waals surface area contributed by atoms with Crippen LogP contribution in [0.4, 0.5) is 33.9 Å². The lowest BCUT2D eigenvalue weighted by atomic mass is 10.2. The molecule has 3 rings (SSSR count). The average molecular weight is 714 g/mol. The summed E-state index contributed by atoms with van der Waals surface area (Å²) >= 11 is 0. The Morgan fingerprint density at radius 1 is 0.686 bits per heavy atom. The molecule has 51 heavy (non-hydrogen) atoms. The molecule has 0 aliphatic rings. The largest absolute Gasteiger partial charge is 0.469 e. The summed E-state index contributed by atoms with van der Waals surface area (Å²) in [5, 5.41) is 15.5. The van der Waals surface area contributed by atoms with Gasteiger partial charge < -0.3 is 49.8 Å². The molecule has 6 amide bonds. The van der Waals surface area contributed by atoms with E-state index in [1.807, 2.05) is 0 Å². The summed E-state index contributed by atoms with van der Waals surface area (Å²) in [4.78, 5) is 93.7. The Morgan fingerprint density at radius 3 is 1.90 bits per heavy atom. The van der Waals surface area contributed by atoms with Crippen molar-refractivity contribution in [3.63, 3.8) is 0 Å². The first-order valence-corrected chi connectivity index (χ1v) is 15.7. The fourth-order valence-corrected chi connectivity index (χ4v) is 4.26. The molecule has 3 heterocycles. The first kappa shape index (κ1) is 39.2. The van der Waals surface area contributed by atoms with Gasteiger partial charge in [-0.3, -0.25) is 34.1 Å². The number of hydrogen-bond acceptors (Lipinski definition) is 11. The van der Waals surface area contributed by atoms with Crippen LogP contribution in [0, 0.1) is 0 Å². The van der Waals surface area contributed by atoms with Crippen molar-refractivity contribution >= 4 is 70.7 Å². The van der Waals surface area contributed by atoms with Crippen LogP contribution in [0.15, 0.2) is 24.7 Å². The zero-order chi connectivity index (χ0) is 37.9. The van der Waals surface area contributed by atoms with E-state index in [9.17, 15) is 33.6 Å². The molecule has 20 nitrogen and oxygen atoms in total. The van der Waals surface area contributed by atoms with Crippen molar-refractivity contribution < 1.29 is 43.0 Å². The van der Waals surface area contributed by atoms with E-state index >= 15 is 0 Å². The number of methoxy groups -OCH3 is 1. The van der Waals surface area contributed by atoms with Gasteiger partial charge in [0.1, 0.15) is 11.4 Å². The highest BCUT2D eigenvalue weighted by Crippen LogP contribution is 2.20. The number of aryl methyl sites for hydroxylation is 3. The van der Waals surface area contributed by atoms with Gasteiger partial charge in [0, 0.05) is 78.0 Å². The Kier molecular flexibility index (Phi) is 13.4. The van der Waals surface area contributed by atoms with Crippen LogP contribution >= 0.6 is 0 Å². The highest BCUT2D eigenvalue weighted by atomic mass is 16.6. The minimum atomic E-state index is -0.665. The number of rotatable bonds is 15. The van der Waals surface area contributed by atoms with Gasteiger partial charge in [-0.1, -0.05) is 0 Å². The van der Waals surface area contributed by atoms with Gasteiger partial charge in [-0.25, -0.2) is 9.78 Å². The maximum Gasteiger partial charge on any atom is 0.407 e. The highest BCUT2D eigenvalue weighted by Gasteiger charge is 2.19. The highest BCUT2D eigenvalue weighted by molar-refractivity contribution is 6.03. The molecule has 276 valence electrons. The number of esters is 1. The molecule has 0 spiro atoms. The molecule has 6 N–H and O–H groups in total. The van der Waals surface area contributed by atoms with Crippen molar-refractivity contribution in [1.29, 1.82) is 0 Å². The second kappa shape index (κ2) is 17.4. The van der Waals surface area contributed by atoms with Crippen LogP contribution in [0.1, 0.15) is 63.5 Å². The molecule has 0 unspecified atom stereocenters. The average Bonchev–Trinajstić information content (AvgIpc) is 3.68. The van der Waals surface area contributed by atoms with E-state index in [1.165, 1.54) is 34.7 Å². The molecule has 0 aliphatic carbocycles. The number of amides is 6. The van der Waals surface area contributed by atoms with Crippen LogP contribution in [-0.4, -0.2) is 84.5 Å². The van der Waals surface area contributed by atoms with Gasteiger partial charge in [-0.15, -0.1) is 0 Å². The molecule has 3 aromatic rings. The van der Waals surface area contributed by atoms with E-state index in [-0.39, 0.29) is 62.1 Å². The topological polar surface area (TPSA) is 251 Å². The number of nitrogens with zero attached hydrogens (tertiary/aromatic N) is 5. The number of ether oxygens (including phenoxy) is 2. The van der Waals surface area contributed by atoms with E-state index in [1.54, 1.807) is 52.7 Å². The van der Waals surface area contributed by atoms with Crippen LogP contribution in [0.3, 0.4) is 0 Å². The van der Waals surface area contributed by atoms with Crippen LogP contribution < -0.4 is 31.9 Å². The fourth-order valence-electron chi connectivity index (χ4n) is 4.26. The van der Waals surface area contributed by atoms with Gasteiger partial charge in [-0.05, 0) is 20.8 Å². The Morgan fingerprint density at radius 2 is 1.25 bits per heavy atom. The van der Waals surface area contributed by atoms with Gasteiger partial charge >= 0.3 is 12.1 Å². The molecule has 0 bridgehead atoms. The van der Waals surface area contributed by atoms with Crippen molar-refractivity contribution in [2.75, 3.05) is 40.2 Å². The van der Waals surface area contributed by atoms with E-state index in [4.69, 9.17) is 4.74 Å². The van der Waals surface area contributed by atoms with Gasteiger partial charge in [0.2, 0.25) is 35.4 Å². The zero-order valence-electron chi connectivity index (χ0n) is 29.5. The molecule has 0 saturated heterocycles. The Hall–Kier alpha value is -6.21. The van der Waals surface area contributed by atoms with E-state index in [2.05, 4.69) is 46.6 Å². The molecule has 20 heteroatoms. The third kappa shape index (κ3) is 13.0. The number of hydrogen-bond donors (Lipinski definition) is 6. The Balaban J connectivity index is 1.45. The predicted molar refractivity (Wildman–Crippen MR) is 184 cm³/mol. The number of imidazole rings is 2. The first-order chi connectivity index (χ1) is 23.9. The lowest BCUT2D eigenvalue weighted by Gasteiger charge is -2.19. The molecule has 0 fully saturated rings. The van der Waals surface area contributed by atoms with Crippen molar-refractivity contribution in [1.82, 2.24) is 29.0 Å². The maximum atomic E-state index is 13.0. The molecular formula is C31H43N11O9. The summed E-state index contributed by atoms with van der Waals surface area (Å²) in [6.45, 7) is 5.21. The zero-order valence-corrected chi connectivity index (χ0v) is 29.5. The molecule has 0 aliphatic heterocycles. The predicted octanol–water partition coefficient (Wildman–Crippen LogP) is 1.85. The van der Waals surface area contributed by atoms with Gasteiger partial charge in [0.15, 0.2) is 11.6 Å². The summed E-state index contributed by atoms with van der Waals surface area (Å²) in [6.07, 6.45) is 3.29. The van der Waals surface area contributed by atoms with E-state index in [0.717, 1.165) is 0 Å². The Labute approximate surface area is 293 Å². The second-order valence-electron chi connectivity index (χ2n) is 12.2. The normalized spacial score (nSPS) is 10.9. The molecule has 0 aromatic carbocycles. The SMILES string of the molecule is COC(=O)CCC(=O)Nc1nc(NC(=O)CCC(=O)Nc2cc(NC(=O)c3nc(NC(=O)CCNC(=O)OC(C)(C)C)cn3C)cn2C)cn1C. The van der Waals surface area contributed by atoms with Crippen molar-refractivity contribution in [3.8, 4) is 0 Å². The fraction of sp³-hybridized carbons (Fsp3) is 0.452. The quantitative estimate of drug-likeness (QED) is 0.124. The summed E-state index contributed by atoms with van der Waals surface area (Å²) < 4.78 is 14.1. The van der Waals surface area contributed by atoms with Crippen molar-refractivity contribution in [2.24, 2.45) is 21.1 Å². The van der Waals surface area contributed by atoms with Crippen LogP contribution in [0.5, 0.6) is 0 Å². The number of aromatic nitrogens is 5. The smallest absolute Gasteiger partial charge is 0.407 e. The monoisotopic (exact) mass is 713 g/mol. The van der Waals surface area contributed by atoms with Crippen LogP contribution in [0.25, 0.3) is 0 Å². The van der Waals surface area contributed by atoms with E-state index in [0.29, 0.717) is 11.5 Å². The number of nitrogens with one attached hydrogen (secondary N) is 6. The molecule has 0 atom stereocenters. The minimum Gasteiger partial charge on any atom is -0.469 e. The standard InChI is InChI=1S/C31H43N11O9/c1-31(2,3)51-30(49)32-13-12-25(46)34-19-16-41(5)27(36-19)28(48)33-18-14-21(40(4)15-18)38-23(44)9-8-22(43)35-20-17-42(6)29(37-20)39-24(45)10-11-26(47)50-7/h14-17H,8-13H2,1-7H3,(H,32,49)(H,33,48)(H,34,46)(H,35,43)(H,38,44)(H,37,39,45). The lowest BCUT2D eigenvalue weighted by Crippen LogP contribution is -2.34. The van der Waals surface area contributed by atoms with Gasteiger partial charge in [0.05, 0.1) is 19.2 Å². The summed E-state index contributed by atoms with van der Waals surface area (Å²) in [6, 6.07) is 1.52. The van der Waals surface area contributed by atoms with Crippen LogP contribution in [0.2, 0.25) is 0 Å². The lowest BCUT2D eigenvalue weighted by molar-refractivity contribution is -0.141. The molecule has 3 aromatic heterocycles. The number of carbonyl (C=O) groups is 7. The summed E-state index contributed by atoms with van der Waals surface area (Å²) in [7, 11) is 6.06. The minimum absolute atomic E-state index is 0.00129. The second-order valence-corrected chi connectivity index (χ2v) is 12.2. The molecule has 0 radical (unpaired) electrons. The Bertz CT molecular complexity index is 1780. The van der Waals surface area contributed by atoms with Gasteiger partial charge in [0.25, 0.3) is 5.91 Å². The molecule has 0 saturated carbocycles. The van der Waals surface area contributed by atoms with Crippen molar-refractivity contribution in [2.45, 2.75) is 58.5 Å². The number of alkyl carbamates (subject to hydrolysis) is 1. The van der Waals surface area contributed by atoms with Crippen molar-refractivity contribution in [3.05, 3.63) is 30.5 Å². The summed E-state index contributed by atoms with van der Waals surface area (Å²) in [5.41, 5.74) is -0.317.